The topological polar surface area (TPSA) is 118 Å². The van der Waals surface area contributed by atoms with Gasteiger partial charge in [-0.2, -0.15) is 0 Å². The van der Waals surface area contributed by atoms with Gasteiger partial charge in [-0.15, -0.1) is 0 Å². The van der Waals surface area contributed by atoms with Crippen LogP contribution in [-0.4, -0.2) is 46.7 Å². The van der Waals surface area contributed by atoms with Crippen LogP contribution in [-0.2, 0) is 4.74 Å². The molecule has 1 fully saturated rings. The molecule has 8 heteroatoms. The Morgan fingerprint density at radius 2 is 2.03 bits per heavy atom. The molecule has 1 unspecified atom stereocenters. The molecule has 5 N–H and O–H groups in total. The molecule has 1 aliphatic heterocycles. The van der Waals surface area contributed by atoms with E-state index in [4.69, 9.17) is 10.5 Å². The number of aromatic nitrogens is 3. The molecule has 168 valence electrons. The van der Waals surface area contributed by atoms with Gasteiger partial charge in [0.2, 0.25) is 0 Å². The van der Waals surface area contributed by atoms with Gasteiger partial charge in [-0.3, -0.25) is 9.78 Å². The summed E-state index contributed by atoms with van der Waals surface area (Å²) in [7, 11) is 0. The quantitative estimate of drug-likeness (QED) is 0.454. The number of pyridine rings is 2. The van der Waals surface area contributed by atoms with Crippen molar-refractivity contribution in [3.05, 3.63) is 65.4 Å². The summed E-state index contributed by atoms with van der Waals surface area (Å²) < 4.78 is 5.43. The lowest BCUT2D eigenvalue weighted by Gasteiger charge is -2.24. The van der Waals surface area contributed by atoms with Gasteiger partial charge in [-0.05, 0) is 61.1 Å². The van der Waals surface area contributed by atoms with Gasteiger partial charge in [0, 0.05) is 56.2 Å². The van der Waals surface area contributed by atoms with Gasteiger partial charge in [-0.1, -0.05) is 6.07 Å². The maximum atomic E-state index is 12.9. The predicted molar refractivity (Wildman–Crippen MR) is 124 cm³/mol. The number of hydrogen-bond donors (Lipinski definition) is 4. The molecule has 0 saturated carbocycles. The number of nitrogens with zero attached hydrogens (tertiary/aromatic N) is 2. The highest BCUT2D eigenvalue weighted by Gasteiger charge is 2.18. The smallest absolute Gasteiger partial charge is 0.268 e. The van der Waals surface area contributed by atoms with E-state index in [1.165, 1.54) is 0 Å². The first-order valence-corrected chi connectivity index (χ1v) is 11.0. The lowest BCUT2D eigenvalue weighted by atomic mass is 10.0. The third-order valence-electron chi connectivity index (χ3n) is 5.75. The van der Waals surface area contributed by atoms with Crippen molar-refractivity contribution in [2.45, 2.75) is 38.8 Å². The highest BCUT2D eigenvalue weighted by molar-refractivity contribution is 5.94. The molecule has 32 heavy (non-hydrogen) atoms. The second-order valence-corrected chi connectivity index (χ2v) is 8.27. The van der Waals surface area contributed by atoms with Crippen LogP contribution in [0.2, 0.25) is 0 Å². The number of carbonyl (C=O) groups is 1. The first-order valence-electron chi connectivity index (χ1n) is 11.0. The number of anilines is 1. The van der Waals surface area contributed by atoms with Crippen molar-refractivity contribution in [1.29, 1.82) is 0 Å². The van der Waals surface area contributed by atoms with Crippen molar-refractivity contribution in [1.82, 2.24) is 20.3 Å². The Morgan fingerprint density at radius 3 is 2.78 bits per heavy atom. The Balaban J connectivity index is 1.49. The van der Waals surface area contributed by atoms with Gasteiger partial charge < -0.3 is 26.1 Å². The number of hydrogen-bond acceptors (Lipinski definition) is 6. The maximum absolute atomic E-state index is 12.9. The van der Waals surface area contributed by atoms with E-state index in [2.05, 4.69) is 25.6 Å². The summed E-state index contributed by atoms with van der Waals surface area (Å²) in [5.74, 6) is 0.625. The normalized spacial score (nSPS) is 15.3. The number of amides is 1. The molecule has 0 bridgehead atoms. The summed E-state index contributed by atoms with van der Waals surface area (Å²) in [4.78, 5) is 24.7. The fraction of sp³-hybridized carbons (Fsp3) is 0.375. The van der Waals surface area contributed by atoms with E-state index in [9.17, 15) is 4.79 Å². The standard InChI is InChI=1S/C24H30N6O2/c1-15-7-18(13-26-11-15)22(10-25)30-24(31)21-8-17(14-27-21)20-9-23(28-12-16(20)2)29-19-3-5-32-6-4-19/h7-9,11-14,19,22,27H,3-6,10,25H2,1-2H3,(H,28,29)(H,30,31). The Morgan fingerprint density at radius 1 is 1.22 bits per heavy atom. The van der Waals surface area contributed by atoms with E-state index in [0.717, 1.165) is 59.7 Å². The Bertz CT molecular complexity index is 1070. The number of H-pyrrole nitrogens is 1. The van der Waals surface area contributed by atoms with E-state index in [0.29, 0.717) is 11.7 Å². The molecule has 3 aromatic heterocycles. The minimum absolute atomic E-state index is 0.208. The molecular weight excluding hydrogens is 404 g/mol. The van der Waals surface area contributed by atoms with Gasteiger partial charge in [0.15, 0.2) is 0 Å². The Kier molecular flexibility index (Phi) is 6.82. The number of aromatic amines is 1. The van der Waals surface area contributed by atoms with Crippen LogP contribution in [0.15, 0.2) is 43.0 Å². The van der Waals surface area contributed by atoms with E-state index < -0.39 is 0 Å². The van der Waals surface area contributed by atoms with Gasteiger partial charge in [0.05, 0.1) is 6.04 Å². The Labute approximate surface area is 188 Å². The number of ether oxygens (including phenoxy) is 1. The van der Waals surface area contributed by atoms with Crippen LogP contribution in [0.25, 0.3) is 11.1 Å². The lowest BCUT2D eigenvalue weighted by Crippen LogP contribution is -2.33. The molecule has 1 amide bonds. The maximum Gasteiger partial charge on any atom is 0.268 e. The third kappa shape index (κ3) is 5.15. The third-order valence-corrected chi connectivity index (χ3v) is 5.75. The molecular formula is C24H30N6O2. The molecule has 3 aromatic rings. The first-order chi connectivity index (χ1) is 15.5. The SMILES string of the molecule is Cc1cncc(C(CN)NC(=O)c2cc(-c3cc(NC4CCOCC4)ncc3C)c[nH]2)c1. The molecule has 8 nitrogen and oxygen atoms in total. The monoisotopic (exact) mass is 434 g/mol. The summed E-state index contributed by atoms with van der Waals surface area (Å²) in [5, 5.41) is 6.50. The molecule has 0 aliphatic carbocycles. The van der Waals surface area contributed by atoms with E-state index in [1.807, 2.05) is 44.4 Å². The first kappa shape index (κ1) is 22.0. The van der Waals surface area contributed by atoms with Crippen molar-refractivity contribution >= 4 is 11.7 Å². The second-order valence-electron chi connectivity index (χ2n) is 8.27. The molecule has 4 heterocycles. The summed E-state index contributed by atoms with van der Waals surface area (Å²) in [6, 6.07) is 5.94. The number of aryl methyl sites for hydroxylation is 2. The second kappa shape index (κ2) is 9.93. The number of rotatable bonds is 7. The van der Waals surface area contributed by atoms with Gasteiger partial charge >= 0.3 is 0 Å². The van der Waals surface area contributed by atoms with Gasteiger partial charge in [0.25, 0.3) is 5.91 Å². The van der Waals surface area contributed by atoms with Gasteiger partial charge in [-0.25, -0.2) is 4.98 Å². The van der Waals surface area contributed by atoms with Crippen molar-refractivity contribution in [2.24, 2.45) is 5.73 Å². The van der Waals surface area contributed by atoms with Crippen molar-refractivity contribution in [3.8, 4) is 11.1 Å². The van der Waals surface area contributed by atoms with Crippen molar-refractivity contribution in [3.63, 3.8) is 0 Å². The van der Waals surface area contributed by atoms with Crippen LogP contribution >= 0.6 is 0 Å². The minimum Gasteiger partial charge on any atom is -0.381 e. The average molecular weight is 435 g/mol. The van der Waals surface area contributed by atoms with Crippen LogP contribution in [0, 0.1) is 13.8 Å². The highest BCUT2D eigenvalue weighted by atomic mass is 16.5. The fourth-order valence-corrected chi connectivity index (χ4v) is 3.93. The zero-order valence-corrected chi connectivity index (χ0v) is 18.5. The van der Waals surface area contributed by atoms with Crippen LogP contribution in [0.5, 0.6) is 0 Å². The van der Waals surface area contributed by atoms with E-state index >= 15 is 0 Å². The van der Waals surface area contributed by atoms with Crippen LogP contribution < -0.4 is 16.4 Å². The number of nitrogens with two attached hydrogens (primary N) is 1. The molecule has 4 rings (SSSR count). The van der Waals surface area contributed by atoms with E-state index in [-0.39, 0.29) is 18.5 Å². The van der Waals surface area contributed by atoms with Crippen molar-refractivity contribution in [2.75, 3.05) is 25.1 Å². The van der Waals surface area contributed by atoms with Crippen LogP contribution in [0.3, 0.4) is 0 Å². The largest absolute Gasteiger partial charge is 0.381 e. The van der Waals surface area contributed by atoms with E-state index in [1.54, 1.807) is 12.4 Å². The number of nitrogens with one attached hydrogen (secondary N) is 3. The molecule has 0 spiro atoms. The molecule has 1 aliphatic rings. The summed E-state index contributed by atoms with van der Waals surface area (Å²) in [5.41, 5.74) is 11.3. The number of carbonyl (C=O) groups excluding carboxylic acids is 1. The fourth-order valence-electron chi connectivity index (χ4n) is 3.93. The predicted octanol–water partition coefficient (Wildman–Crippen LogP) is 3.11. The summed E-state index contributed by atoms with van der Waals surface area (Å²) in [6.45, 7) is 5.81. The van der Waals surface area contributed by atoms with Crippen LogP contribution in [0.1, 0.15) is 46.1 Å². The molecule has 0 aromatic carbocycles. The summed E-state index contributed by atoms with van der Waals surface area (Å²) >= 11 is 0. The highest BCUT2D eigenvalue weighted by Crippen LogP contribution is 2.27. The lowest BCUT2D eigenvalue weighted by molar-refractivity contribution is 0.0903. The zero-order chi connectivity index (χ0) is 22.5. The Hall–Kier alpha value is -3.23. The van der Waals surface area contributed by atoms with Crippen molar-refractivity contribution < 1.29 is 9.53 Å². The summed E-state index contributed by atoms with van der Waals surface area (Å²) in [6.07, 6.45) is 9.16. The molecule has 1 saturated heterocycles. The van der Waals surface area contributed by atoms with Crippen LogP contribution in [0.4, 0.5) is 5.82 Å². The van der Waals surface area contributed by atoms with Gasteiger partial charge in [0.1, 0.15) is 11.5 Å². The zero-order valence-electron chi connectivity index (χ0n) is 18.5. The molecule has 1 atom stereocenters. The molecule has 0 radical (unpaired) electrons. The average Bonchev–Trinajstić information content (AvgIpc) is 3.29. The minimum atomic E-state index is -0.306.